The van der Waals surface area contributed by atoms with Gasteiger partial charge in [0.25, 0.3) is 9.40 Å². The summed E-state index contributed by atoms with van der Waals surface area (Å²) in [5.74, 6) is 0. The fourth-order valence-electron chi connectivity index (χ4n) is 2.14. The lowest BCUT2D eigenvalue weighted by Gasteiger charge is -1.96. The number of aromatic nitrogens is 2. The zero-order chi connectivity index (χ0) is 11.9. The molecule has 3 heteroatoms. The van der Waals surface area contributed by atoms with Crippen LogP contribution in [0.5, 0.6) is 0 Å². The Morgan fingerprint density at radius 2 is 1.72 bits per heavy atom. The highest BCUT2D eigenvalue weighted by atomic mass is 32.1. The van der Waals surface area contributed by atoms with Crippen molar-refractivity contribution < 1.29 is 0 Å². The minimum absolute atomic E-state index is 1.03. The van der Waals surface area contributed by atoms with Crippen LogP contribution in [0.4, 0.5) is 0 Å². The van der Waals surface area contributed by atoms with Gasteiger partial charge in [-0.05, 0) is 18.2 Å². The predicted octanol–water partition coefficient (Wildman–Crippen LogP) is 4.28. The van der Waals surface area contributed by atoms with Crippen molar-refractivity contribution >= 4 is 42.7 Å². The van der Waals surface area contributed by atoms with E-state index >= 15 is 0 Å². The molecule has 84 valence electrons. The second-order valence-corrected chi connectivity index (χ2v) is 5.28. The lowest BCUT2D eigenvalue weighted by molar-refractivity contribution is 1.42. The Bertz CT molecular complexity index is 743. The van der Waals surface area contributed by atoms with E-state index in [0.717, 1.165) is 21.9 Å². The monoisotopic (exact) mass is 249 g/mol. The van der Waals surface area contributed by atoms with Gasteiger partial charge in [-0.2, -0.15) is 0 Å². The lowest BCUT2D eigenvalue weighted by Crippen LogP contribution is -1.82. The Kier molecular flexibility index (Phi) is 2.02. The van der Waals surface area contributed by atoms with E-state index in [9.17, 15) is 0 Å². The van der Waals surface area contributed by atoms with Crippen LogP contribution in [0.15, 0.2) is 54.7 Å². The first-order valence-electron chi connectivity index (χ1n) is 5.77. The van der Waals surface area contributed by atoms with Crippen LogP contribution in [0.1, 0.15) is 0 Å². The molecule has 0 amide bonds. The van der Waals surface area contributed by atoms with E-state index < -0.39 is 0 Å². The van der Waals surface area contributed by atoms with Crippen molar-refractivity contribution in [3.8, 4) is 0 Å². The van der Waals surface area contributed by atoms with Crippen LogP contribution >= 0.6 is 11.3 Å². The van der Waals surface area contributed by atoms with E-state index in [1.807, 2.05) is 24.4 Å². The molecule has 4 rings (SSSR count). The molecule has 0 N–H and O–H groups in total. The quantitative estimate of drug-likeness (QED) is 0.343. The van der Waals surface area contributed by atoms with E-state index in [0.29, 0.717) is 0 Å². The van der Waals surface area contributed by atoms with E-state index in [4.69, 9.17) is 4.98 Å². The Morgan fingerprint density at radius 1 is 0.778 bits per heavy atom. The Labute approximate surface area is 108 Å². The van der Waals surface area contributed by atoms with Crippen molar-refractivity contribution in [3.63, 3.8) is 0 Å². The normalized spacial score (nSPS) is 11.3. The van der Waals surface area contributed by atoms with Gasteiger partial charge in [-0.1, -0.05) is 18.2 Å². The van der Waals surface area contributed by atoms with Gasteiger partial charge in [0.05, 0.1) is 5.52 Å². The third kappa shape index (κ3) is 1.45. The molecule has 2 aromatic heterocycles. The molecule has 2 nitrogen and oxygen atoms in total. The van der Waals surface area contributed by atoms with Crippen LogP contribution in [0, 0.1) is 0 Å². The average molecular weight is 249 g/mol. The van der Waals surface area contributed by atoms with Crippen molar-refractivity contribution in [1.82, 2.24) is 9.97 Å². The van der Waals surface area contributed by atoms with Crippen molar-refractivity contribution in [2.45, 2.75) is 0 Å². The van der Waals surface area contributed by atoms with Gasteiger partial charge in [-0.25, -0.2) is 4.98 Å². The lowest BCUT2D eigenvalue weighted by atomic mass is 10.2. The van der Waals surface area contributed by atoms with Crippen molar-refractivity contribution in [2.24, 2.45) is 0 Å². The number of pyridine rings is 1. The topological polar surface area (TPSA) is 25.8 Å². The Morgan fingerprint density at radius 3 is 2.72 bits per heavy atom. The Hall–Kier alpha value is -2.13. The number of nitrogens with zero attached hydrogens (tertiary/aromatic N) is 2. The van der Waals surface area contributed by atoms with E-state index in [2.05, 4.69) is 35.3 Å². The minimum atomic E-state index is 1.03. The molecule has 0 unspecified atom stereocenters. The molecule has 4 aromatic rings. The summed E-state index contributed by atoms with van der Waals surface area (Å²) in [4.78, 5) is 9.10. The summed E-state index contributed by atoms with van der Waals surface area (Å²) >= 11 is 1.76. The van der Waals surface area contributed by atoms with E-state index in [1.165, 1.54) is 9.40 Å². The highest BCUT2D eigenvalue weighted by Gasteiger charge is 2.12. The predicted molar refractivity (Wildman–Crippen MR) is 76.8 cm³/mol. The number of para-hydroxylation sites is 1. The number of fused-ring (bicyclic) bond motifs is 3. The van der Waals surface area contributed by atoms with Crippen LogP contribution in [-0.2, 0) is 0 Å². The smallest absolute Gasteiger partial charge is 0.256 e. The molecule has 0 atom stereocenters. The molecule has 0 spiro atoms. The second-order valence-electron chi connectivity index (χ2n) is 4.20. The number of benzene rings is 2. The molecular weight excluding hydrogens is 240 g/mol. The second kappa shape index (κ2) is 3.68. The molecule has 0 aliphatic carbocycles. The third-order valence-electron chi connectivity index (χ3n) is 3.01. The molecule has 0 saturated carbocycles. The maximum Gasteiger partial charge on any atom is 0.259 e. The molecule has 0 fully saturated rings. The van der Waals surface area contributed by atoms with Crippen LogP contribution in [0.2, 0.25) is 0 Å². The van der Waals surface area contributed by atoms with Crippen molar-refractivity contribution in [1.29, 1.82) is 0 Å². The molecule has 18 heavy (non-hydrogen) atoms. The first kappa shape index (κ1) is 9.85. The third-order valence-corrected chi connectivity index (χ3v) is 4.12. The molecule has 0 saturated heterocycles. The van der Waals surface area contributed by atoms with Crippen LogP contribution < -0.4 is 0 Å². The average Bonchev–Trinajstić information content (AvgIpc) is 2.42. The summed E-state index contributed by atoms with van der Waals surface area (Å²) in [6.07, 6.45) is 1.83. The number of hydrogen-bond donors (Lipinski definition) is 0. The first-order chi connectivity index (χ1) is 8.90. The largest absolute Gasteiger partial charge is 0.259 e. The van der Waals surface area contributed by atoms with Gasteiger partial charge in [0.15, 0.2) is 0 Å². The molecule has 0 aliphatic heterocycles. The van der Waals surface area contributed by atoms with E-state index in [1.54, 1.807) is 11.3 Å². The minimum Gasteiger partial charge on any atom is -0.256 e. The van der Waals surface area contributed by atoms with Gasteiger partial charge in [-0.15, -0.1) is 0 Å². The SMILES string of the molecule is c1cnc2cc3[s+]c4ccccc4nc3cc2c1. The fraction of sp³-hybridized carbons (Fsp3) is 0. The highest BCUT2D eigenvalue weighted by molar-refractivity contribution is 7.24. The van der Waals surface area contributed by atoms with Gasteiger partial charge in [0.1, 0.15) is 11.0 Å². The van der Waals surface area contributed by atoms with Crippen molar-refractivity contribution in [3.05, 3.63) is 54.7 Å². The molecule has 2 aromatic carbocycles. The summed E-state index contributed by atoms with van der Waals surface area (Å²) in [5.41, 5.74) is 3.12. The van der Waals surface area contributed by atoms with Crippen LogP contribution in [0.3, 0.4) is 0 Å². The van der Waals surface area contributed by atoms with Gasteiger partial charge in [-0.3, -0.25) is 4.98 Å². The van der Waals surface area contributed by atoms with Crippen LogP contribution in [0.25, 0.3) is 31.3 Å². The molecule has 0 bridgehead atoms. The summed E-state index contributed by atoms with van der Waals surface area (Å²) in [5, 5.41) is 1.14. The highest BCUT2D eigenvalue weighted by Crippen LogP contribution is 2.28. The van der Waals surface area contributed by atoms with Gasteiger partial charge < -0.3 is 0 Å². The zero-order valence-corrected chi connectivity index (χ0v) is 10.3. The molecule has 0 aliphatic rings. The summed E-state index contributed by atoms with van der Waals surface area (Å²) in [6, 6.07) is 16.5. The van der Waals surface area contributed by atoms with Crippen molar-refractivity contribution in [2.75, 3.05) is 0 Å². The Balaban J connectivity index is 2.20. The van der Waals surface area contributed by atoms with E-state index in [-0.39, 0.29) is 0 Å². The fourth-order valence-corrected chi connectivity index (χ4v) is 3.12. The number of rotatable bonds is 0. The molecule has 2 heterocycles. The summed E-state index contributed by atoms with van der Waals surface area (Å²) in [7, 11) is 0. The molecule has 0 radical (unpaired) electrons. The molecular formula is C15H9N2S+. The van der Waals surface area contributed by atoms with Crippen LogP contribution in [-0.4, -0.2) is 9.97 Å². The zero-order valence-electron chi connectivity index (χ0n) is 9.50. The maximum atomic E-state index is 4.71. The number of hydrogen-bond acceptors (Lipinski definition) is 2. The summed E-state index contributed by atoms with van der Waals surface area (Å²) < 4.78 is 2.39. The van der Waals surface area contributed by atoms with Gasteiger partial charge in [0.2, 0.25) is 11.3 Å². The van der Waals surface area contributed by atoms with Gasteiger partial charge in [0, 0.05) is 23.7 Å². The standard InChI is InChI=1S/C15H9N2S/c1-2-6-14-11(5-1)17-13-8-10-4-3-7-16-12(10)9-15(13)18-14/h1-9H/q+1. The maximum absolute atomic E-state index is 4.71. The summed E-state index contributed by atoms with van der Waals surface area (Å²) in [6.45, 7) is 0. The first-order valence-corrected chi connectivity index (χ1v) is 6.59. The van der Waals surface area contributed by atoms with Gasteiger partial charge >= 0.3 is 0 Å².